The highest BCUT2D eigenvalue weighted by atomic mass is 79.9. The van der Waals surface area contributed by atoms with Gasteiger partial charge in [0.25, 0.3) is 5.91 Å². The van der Waals surface area contributed by atoms with Crippen molar-refractivity contribution in [2.45, 2.75) is 13.8 Å². The van der Waals surface area contributed by atoms with Crippen molar-refractivity contribution in [2.75, 3.05) is 0 Å². The predicted molar refractivity (Wildman–Crippen MR) is 94.3 cm³/mol. The lowest BCUT2D eigenvalue weighted by molar-refractivity contribution is 0.0998. The van der Waals surface area contributed by atoms with E-state index < -0.39 is 0 Å². The monoisotopic (exact) mass is 374 g/mol. The minimum atomic E-state index is -0.223. The molecule has 2 aromatic carbocycles. The summed E-state index contributed by atoms with van der Waals surface area (Å²) in [6, 6.07) is 11.5. The molecule has 0 N–H and O–H groups in total. The van der Waals surface area contributed by atoms with Crippen LogP contribution < -0.4 is 4.80 Å². The standard InChI is InChI=1S/C17H15BrN2OS/c1-10-7-8-11(2)15-14(10)20(3)17(22-15)19-16(21)12-5-4-6-13(18)9-12/h4-9H,1-3H3. The molecule has 3 rings (SSSR count). The fraction of sp³-hybridized carbons (Fsp3) is 0.176. The van der Waals surface area contributed by atoms with E-state index in [1.54, 1.807) is 23.5 Å². The number of aromatic nitrogens is 1. The van der Waals surface area contributed by atoms with Gasteiger partial charge in [0.05, 0.1) is 10.2 Å². The first-order chi connectivity index (χ1) is 10.5. The minimum Gasteiger partial charge on any atom is -0.319 e. The maximum Gasteiger partial charge on any atom is 0.279 e. The maximum absolute atomic E-state index is 12.4. The number of fused-ring (bicyclic) bond motifs is 1. The predicted octanol–water partition coefficient (Wildman–Crippen LogP) is 4.36. The van der Waals surface area contributed by atoms with Gasteiger partial charge in [-0.2, -0.15) is 4.99 Å². The van der Waals surface area contributed by atoms with E-state index in [0.29, 0.717) is 5.56 Å². The normalized spacial score (nSPS) is 12.1. The second-order valence-corrected chi connectivity index (χ2v) is 7.14. The van der Waals surface area contributed by atoms with Crippen molar-refractivity contribution >= 4 is 43.4 Å². The third-order valence-electron chi connectivity index (χ3n) is 3.61. The summed E-state index contributed by atoms with van der Waals surface area (Å²) in [7, 11) is 1.96. The first kappa shape index (κ1) is 15.2. The zero-order valence-corrected chi connectivity index (χ0v) is 15.0. The number of aryl methyl sites for hydroxylation is 3. The average Bonchev–Trinajstić information content (AvgIpc) is 2.81. The van der Waals surface area contributed by atoms with Crippen LogP contribution in [0.5, 0.6) is 0 Å². The van der Waals surface area contributed by atoms with E-state index in [9.17, 15) is 4.79 Å². The van der Waals surface area contributed by atoms with Gasteiger partial charge in [-0.15, -0.1) is 0 Å². The lowest BCUT2D eigenvalue weighted by atomic mass is 10.1. The molecule has 0 bridgehead atoms. The number of carbonyl (C=O) groups is 1. The van der Waals surface area contributed by atoms with Crippen LogP contribution in [0.2, 0.25) is 0 Å². The third-order valence-corrected chi connectivity index (χ3v) is 5.37. The lowest BCUT2D eigenvalue weighted by Crippen LogP contribution is -2.13. The van der Waals surface area contributed by atoms with Crippen molar-refractivity contribution in [3.63, 3.8) is 0 Å². The summed E-state index contributed by atoms with van der Waals surface area (Å²) in [6.45, 7) is 4.16. The molecule has 0 aliphatic carbocycles. The Kier molecular flexibility index (Phi) is 4.02. The van der Waals surface area contributed by atoms with E-state index in [4.69, 9.17) is 0 Å². The van der Waals surface area contributed by atoms with E-state index in [-0.39, 0.29) is 5.91 Å². The number of hydrogen-bond donors (Lipinski definition) is 0. The highest BCUT2D eigenvalue weighted by molar-refractivity contribution is 9.10. The van der Waals surface area contributed by atoms with Crippen LogP contribution in [-0.2, 0) is 7.05 Å². The number of thiazole rings is 1. The zero-order valence-electron chi connectivity index (χ0n) is 12.6. The number of benzene rings is 2. The van der Waals surface area contributed by atoms with Gasteiger partial charge < -0.3 is 4.57 Å². The Labute approximate surface area is 141 Å². The topological polar surface area (TPSA) is 34.4 Å². The summed E-state index contributed by atoms with van der Waals surface area (Å²) in [5.41, 5.74) is 4.12. The van der Waals surface area contributed by atoms with Crippen molar-refractivity contribution in [1.82, 2.24) is 4.57 Å². The van der Waals surface area contributed by atoms with Crippen LogP contribution in [0.1, 0.15) is 21.5 Å². The summed E-state index contributed by atoms with van der Waals surface area (Å²) in [6.07, 6.45) is 0. The molecular weight excluding hydrogens is 360 g/mol. The Morgan fingerprint density at radius 2 is 1.91 bits per heavy atom. The molecule has 3 aromatic rings. The van der Waals surface area contributed by atoms with Crippen molar-refractivity contribution in [3.8, 4) is 0 Å². The smallest absolute Gasteiger partial charge is 0.279 e. The first-order valence-corrected chi connectivity index (χ1v) is 8.48. The highest BCUT2D eigenvalue weighted by Gasteiger charge is 2.10. The van der Waals surface area contributed by atoms with Crippen molar-refractivity contribution in [3.05, 3.63) is 62.4 Å². The van der Waals surface area contributed by atoms with Gasteiger partial charge in [0.15, 0.2) is 4.80 Å². The molecule has 0 aliphatic heterocycles. The fourth-order valence-corrected chi connectivity index (χ4v) is 4.00. The molecule has 3 nitrogen and oxygen atoms in total. The average molecular weight is 375 g/mol. The van der Waals surface area contributed by atoms with Crippen LogP contribution in [0.4, 0.5) is 0 Å². The lowest BCUT2D eigenvalue weighted by Gasteiger charge is -2.01. The molecule has 0 fully saturated rings. The minimum absolute atomic E-state index is 0.223. The summed E-state index contributed by atoms with van der Waals surface area (Å²) >= 11 is 4.94. The number of amides is 1. The Balaban J connectivity index is 2.18. The molecule has 0 radical (unpaired) electrons. The van der Waals surface area contributed by atoms with Gasteiger partial charge in [0.1, 0.15) is 0 Å². The van der Waals surface area contributed by atoms with E-state index in [0.717, 1.165) is 14.8 Å². The van der Waals surface area contributed by atoms with Crippen molar-refractivity contribution < 1.29 is 4.79 Å². The van der Waals surface area contributed by atoms with Crippen molar-refractivity contribution in [1.29, 1.82) is 0 Å². The molecule has 1 amide bonds. The van der Waals surface area contributed by atoms with Crippen LogP contribution in [-0.4, -0.2) is 10.5 Å². The molecule has 112 valence electrons. The van der Waals surface area contributed by atoms with Gasteiger partial charge in [-0.05, 0) is 43.2 Å². The summed E-state index contributed by atoms with van der Waals surface area (Å²) < 4.78 is 4.06. The Bertz CT molecular complexity index is 953. The summed E-state index contributed by atoms with van der Waals surface area (Å²) in [5.74, 6) is -0.223. The number of hydrogen-bond acceptors (Lipinski definition) is 2. The summed E-state index contributed by atoms with van der Waals surface area (Å²) in [5, 5.41) is 0. The number of rotatable bonds is 1. The van der Waals surface area contributed by atoms with Gasteiger partial charge in [-0.1, -0.05) is 45.5 Å². The number of nitrogens with zero attached hydrogens (tertiary/aromatic N) is 2. The van der Waals surface area contributed by atoms with Crippen LogP contribution in [0.25, 0.3) is 10.2 Å². The maximum atomic E-state index is 12.4. The second kappa shape index (κ2) is 5.82. The zero-order chi connectivity index (χ0) is 15.9. The van der Waals surface area contributed by atoms with Gasteiger partial charge in [0, 0.05) is 17.1 Å². The Morgan fingerprint density at radius 3 is 2.59 bits per heavy atom. The summed E-state index contributed by atoms with van der Waals surface area (Å²) in [4.78, 5) is 17.4. The van der Waals surface area contributed by atoms with Crippen LogP contribution in [0.3, 0.4) is 0 Å². The molecule has 0 saturated carbocycles. The SMILES string of the molecule is Cc1ccc(C)c2c1sc(=NC(=O)c1cccc(Br)c1)n2C. The second-order valence-electron chi connectivity index (χ2n) is 5.25. The number of carbonyl (C=O) groups excluding carboxylic acids is 1. The van der Waals surface area contributed by atoms with E-state index in [2.05, 4.69) is 46.9 Å². The van der Waals surface area contributed by atoms with Gasteiger partial charge in [-0.25, -0.2) is 0 Å². The van der Waals surface area contributed by atoms with E-state index >= 15 is 0 Å². The first-order valence-electron chi connectivity index (χ1n) is 6.88. The molecule has 0 spiro atoms. The molecule has 5 heteroatoms. The Hall–Kier alpha value is -1.72. The molecule has 22 heavy (non-hydrogen) atoms. The Morgan fingerprint density at radius 1 is 1.18 bits per heavy atom. The van der Waals surface area contributed by atoms with Crippen LogP contribution in [0.15, 0.2) is 45.9 Å². The number of halogens is 1. The molecule has 1 heterocycles. The quantitative estimate of drug-likeness (QED) is 0.622. The molecular formula is C17H15BrN2OS. The van der Waals surface area contributed by atoms with Crippen LogP contribution in [0, 0.1) is 13.8 Å². The third kappa shape index (κ3) is 2.66. The molecule has 0 saturated heterocycles. The largest absolute Gasteiger partial charge is 0.319 e. The molecule has 0 unspecified atom stereocenters. The molecule has 0 aliphatic rings. The molecule has 0 atom stereocenters. The fourth-order valence-electron chi connectivity index (χ4n) is 2.44. The van der Waals surface area contributed by atoms with Gasteiger partial charge in [0.2, 0.25) is 0 Å². The molecule has 1 aromatic heterocycles. The van der Waals surface area contributed by atoms with Crippen molar-refractivity contribution in [2.24, 2.45) is 12.0 Å². The van der Waals surface area contributed by atoms with Gasteiger partial charge in [-0.3, -0.25) is 4.79 Å². The van der Waals surface area contributed by atoms with Gasteiger partial charge >= 0.3 is 0 Å². The van der Waals surface area contributed by atoms with Crippen LogP contribution >= 0.6 is 27.3 Å². The van der Waals surface area contributed by atoms with E-state index in [1.165, 1.54) is 15.8 Å². The highest BCUT2D eigenvalue weighted by Crippen LogP contribution is 2.24. The van der Waals surface area contributed by atoms with E-state index in [1.807, 2.05) is 23.7 Å².